The molecular formula is C12H22N2O. The van der Waals surface area contributed by atoms with Gasteiger partial charge in [-0.2, -0.15) is 0 Å². The Bertz CT molecular complexity index is 262. The first-order chi connectivity index (χ1) is 7.03. The highest BCUT2D eigenvalue weighted by Crippen LogP contribution is 2.40. The Morgan fingerprint density at radius 2 is 2.27 bits per heavy atom. The lowest BCUT2D eigenvalue weighted by Crippen LogP contribution is -2.43. The van der Waals surface area contributed by atoms with Crippen LogP contribution in [-0.2, 0) is 4.79 Å². The lowest BCUT2D eigenvalue weighted by molar-refractivity contribution is -0.130. The van der Waals surface area contributed by atoms with E-state index in [4.69, 9.17) is 0 Å². The van der Waals surface area contributed by atoms with E-state index in [0.717, 1.165) is 12.8 Å². The molecule has 3 heteroatoms. The van der Waals surface area contributed by atoms with Crippen molar-refractivity contribution in [2.45, 2.75) is 58.7 Å². The first kappa shape index (κ1) is 10.9. The second kappa shape index (κ2) is 3.78. The van der Waals surface area contributed by atoms with Crippen LogP contribution in [0.15, 0.2) is 0 Å². The van der Waals surface area contributed by atoms with E-state index >= 15 is 0 Å². The average molecular weight is 210 g/mol. The molecule has 0 bridgehead atoms. The fourth-order valence-corrected chi connectivity index (χ4v) is 3.00. The maximum Gasteiger partial charge on any atom is 0.238 e. The Morgan fingerprint density at radius 1 is 1.53 bits per heavy atom. The molecule has 1 aliphatic heterocycles. The predicted octanol–water partition coefficient (Wildman–Crippen LogP) is 1.73. The Kier molecular flexibility index (Phi) is 2.75. The van der Waals surface area contributed by atoms with Crippen LogP contribution in [0.4, 0.5) is 0 Å². The topological polar surface area (TPSA) is 32.3 Å². The second-order valence-electron chi connectivity index (χ2n) is 5.67. The smallest absolute Gasteiger partial charge is 0.238 e. The molecule has 2 unspecified atom stereocenters. The van der Waals surface area contributed by atoms with E-state index in [1.54, 1.807) is 0 Å². The molecule has 86 valence electrons. The minimum Gasteiger partial charge on any atom is -0.323 e. The van der Waals surface area contributed by atoms with Crippen molar-refractivity contribution in [3.63, 3.8) is 0 Å². The molecule has 1 saturated carbocycles. The zero-order chi connectivity index (χ0) is 11.1. The van der Waals surface area contributed by atoms with Gasteiger partial charge in [0.2, 0.25) is 5.91 Å². The standard InChI is InChI=1S/C12H22N2O/c1-4-10-13-8-11(15)14(10)9-5-6-12(2,3)7-9/h9-10,13H,4-8H2,1-3H3. The maximum atomic E-state index is 11.8. The molecule has 15 heavy (non-hydrogen) atoms. The van der Waals surface area contributed by atoms with Gasteiger partial charge in [0, 0.05) is 6.04 Å². The summed E-state index contributed by atoms with van der Waals surface area (Å²) >= 11 is 0. The number of rotatable bonds is 2. The van der Waals surface area contributed by atoms with Crippen molar-refractivity contribution in [2.75, 3.05) is 6.54 Å². The Hall–Kier alpha value is -0.570. The molecule has 1 saturated heterocycles. The van der Waals surface area contributed by atoms with Crippen LogP contribution in [0.2, 0.25) is 0 Å². The summed E-state index contributed by atoms with van der Waals surface area (Å²) in [6, 6.07) is 0.479. The van der Waals surface area contributed by atoms with Gasteiger partial charge in [-0.15, -0.1) is 0 Å². The second-order valence-corrected chi connectivity index (χ2v) is 5.67. The molecular weight excluding hydrogens is 188 g/mol. The Balaban J connectivity index is 2.06. The van der Waals surface area contributed by atoms with Crippen LogP contribution >= 0.6 is 0 Å². The van der Waals surface area contributed by atoms with Crippen molar-refractivity contribution in [2.24, 2.45) is 5.41 Å². The third-order valence-corrected chi connectivity index (χ3v) is 3.84. The van der Waals surface area contributed by atoms with Crippen molar-refractivity contribution >= 4 is 5.91 Å². The predicted molar refractivity (Wildman–Crippen MR) is 60.3 cm³/mol. The lowest BCUT2D eigenvalue weighted by atomic mass is 9.91. The monoisotopic (exact) mass is 210 g/mol. The number of carbonyl (C=O) groups is 1. The van der Waals surface area contributed by atoms with E-state index in [1.807, 2.05) is 0 Å². The summed E-state index contributed by atoms with van der Waals surface area (Å²) in [7, 11) is 0. The van der Waals surface area contributed by atoms with E-state index in [1.165, 1.54) is 12.8 Å². The molecule has 0 radical (unpaired) electrons. The van der Waals surface area contributed by atoms with Crippen molar-refractivity contribution in [1.82, 2.24) is 10.2 Å². The van der Waals surface area contributed by atoms with Crippen LogP contribution in [0.1, 0.15) is 46.5 Å². The van der Waals surface area contributed by atoms with E-state index < -0.39 is 0 Å². The van der Waals surface area contributed by atoms with Crippen LogP contribution in [0.5, 0.6) is 0 Å². The van der Waals surface area contributed by atoms with Gasteiger partial charge in [-0.1, -0.05) is 20.8 Å². The van der Waals surface area contributed by atoms with Gasteiger partial charge in [0.15, 0.2) is 0 Å². The van der Waals surface area contributed by atoms with E-state index in [2.05, 4.69) is 31.0 Å². The molecule has 0 aromatic rings. The minimum atomic E-state index is 0.288. The molecule has 2 rings (SSSR count). The van der Waals surface area contributed by atoms with Gasteiger partial charge in [0.1, 0.15) is 0 Å². The van der Waals surface area contributed by atoms with Crippen LogP contribution < -0.4 is 5.32 Å². The van der Waals surface area contributed by atoms with Gasteiger partial charge in [0.25, 0.3) is 0 Å². The van der Waals surface area contributed by atoms with Crippen molar-refractivity contribution in [3.05, 3.63) is 0 Å². The number of carbonyl (C=O) groups excluding carboxylic acids is 1. The van der Waals surface area contributed by atoms with E-state index in [9.17, 15) is 4.79 Å². The third kappa shape index (κ3) is 2.03. The summed E-state index contributed by atoms with van der Waals surface area (Å²) in [5, 5.41) is 3.29. The van der Waals surface area contributed by atoms with Crippen molar-refractivity contribution in [3.8, 4) is 0 Å². The number of hydrogen-bond acceptors (Lipinski definition) is 2. The first-order valence-corrected chi connectivity index (χ1v) is 6.08. The summed E-state index contributed by atoms with van der Waals surface area (Å²) in [5.41, 5.74) is 0.422. The third-order valence-electron chi connectivity index (χ3n) is 3.84. The zero-order valence-corrected chi connectivity index (χ0v) is 10.0. The Morgan fingerprint density at radius 3 is 2.80 bits per heavy atom. The van der Waals surface area contributed by atoms with Gasteiger partial charge < -0.3 is 4.90 Å². The van der Waals surface area contributed by atoms with Crippen LogP contribution in [0.3, 0.4) is 0 Å². The van der Waals surface area contributed by atoms with Crippen molar-refractivity contribution in [1.29, 1.82) is 0 Å². The quantitative estimate of drug-likeness (QED) is 0.753. The van der Waals surface area contributed by atoms with Gasteiger partial charge >= 0.3 is 0 Å². The SMILES string of the molecule is CCC1NCC(=O)N1C1CCC(C)(C)C1. The molecule has 1 amide bonds. The summed E-state index contributed by atoms with van der Waals surface area (Å²) in [5.74, 6) is 0.296. The number of nitrogens with zero attached hydrogens (tertiary/aromatic N) is 1. The molecule has 0 spiro atoms. The Labute approximate surface area is 92.2 Å². The minimum absolute atomic E-state index is 0.288. The molecule has 2 aliphatic rings. The number of amides is 1. The maximum absolute atomic E-state index is 11.8. The van der Waals surface area contributed by atoms with Crippen molar-refractivity contribution < 1.29 is 4.79 Å². The molecule has 0 aromatic carbocycles. The molecule has 2 fully saturated rings. The fourth-order valence-electron chi connectivity index (χ4n) is 3.00. The number of hydrogen-bond donors (Lipinski definition) is 1. The highest BCUT2D eigenvalue weighted by atomic mass is 16.2. The average Bonchev–Trinajstić information content (AvgIpc) is 2.69. The number of nitrogens with one attached hydrogen (secondary N) is 1. The summed E-state index contributed by atoms with van der Waals surface area (Å²) < 4.78 is 0. The largest absolute Gasteiger partial charge is 0.323 e. The van der Waals surface area contributed by atoms with Crippen LogP contribution in [0.25, 0.3) is 0 Å². The van der Waals surface area contributed by atoms with E-state index in [-0.39, 0.29) is 6.17 Å². The highest BCUT2D eigenvalue weighted by molar-refractivity contribution is 5.81. The summed E-state index contributed by atoms with van der Waals surface area (Å²) in [6.45, 7) is 7.29. The van der Waals surface area contributed by atoms with Gasteiger partial charge in [-0.3, -0.25) is 10.1 Å². The normalized spacial score (nSPS) is 35.1. The van der Waals surface area contributed by atoms with E-state index in [0.29, 0.717) is 23.9 Å². The molecule has 2 atom stereocenters. The van der Waals surface area contributed by atoms with Gasteiger partial charge in [-0.25, -0.2) is 0 Å². The molecule has 1 aliphatic carbocycles. The highest BCUT2D eigenvalue weighted by Gasteiger charge is 2.41. The summed E-state index contributed by atoms with van der Waals surface area (Å²) in [4.78, 5) is 13.9. The lowest BCUT2D eigenvalue weighted by Gasteiger charge is -2.30. The molecule has 1 heterocycles. The van der Waals surface area contributed by atoms with Crippen LogP contribution in [0, 0.1) is 5.41 Å². The van der Waals surface area contributed by atoms with Gasteiger partial charge in [-0.05, 0) is 31.1 Å². The fraction of sp³-hybridized carbons (Fsp3) is 0.917. The van der Waals surface area contributed by atoms with Gasteiger partial charge in [0.05, 0.1) is 12.7 Å². The molecule has 0 aromatic heterocycles. The first-order valence-electron chi connectivity index (χ1n) is 6.08. The van der Waals surface area contributed by atoms with Crippen LogP contribution in [-0.4, -0.2) is 29.6 Å². The molecule has 1 N–H and O–H groups in total. The zero-order valence-electron chi connectivity index (χ0n) is 10.0. The summed E-state index contributed by atoms with van der Waals surface area (Å²) in [6.07, 6.45) is 4.89. The molecule has 3 nitrogen and oxygen atoms in total.